The summed E-state index contributed by atoms with van der Waals surface area (Å²) in [4.78, 5) is 12.3. The van der Waals surface area contributed by atoms with Gasteiger partial charge in [-0.1, -0.05) is 27.7 Å². The van der Waals surface area contributed by atoms with E-state index in [0.29, 0.717) is 6.61 Å². The normalized spacial score (nSPS) is 26.0. The molecule has 1 N–H and O–H groups in total. The number of hydrogen-bond donors (Lipinski definition) is 1. The van der Waals surface area contributed by atoms with Crippen molar-refractivity contribution in [2.75, 3.05) is 19.8 Å². The van der Waals surface area contributed by atoms with Crippen LogP contribution in [0.3, 0.4) is 0 Å². The highest BCUT2D eigenvalue weighted by molar-refractivity contribution is 5.81. The van der Waals surface area contributed by atoms with E-state index in [4.69, 9.17) is 9.47 Å². The van der Waals surface area contributed by atoms with Gasteiger partial charge in [-0.2, -0.15) is 0 Å². The first kappa shape index (κ1) is 18.4. The molecule has 0 spiro atoms. The first-order chi connectivity index (χ1) is 9.83. The number of nitrogens with one attached hydrogen (secondary N) is 1. The summed E-state index contributed by atoms with van der Waals surface area (Å²) in [5.41, 5.74) is -0.240. The Balaban J connectivity index is 2.53. The highest BCUT2D eigenvalue weighted by Gasteiger charge is 2.46. The highest BCUT2D eigenvalue weighted by Crippen LogP contribution is 2.34. The first-order valence-corrected chi connectivity index (χ1v) is 8.37. The molecule has 0 saturated heterocycles. The molecule has 1 rings (SSSR count). The summed E-state index contributed by atoms with van der Waals surface area (Å²) in [6.07, 6.45) is 4.69. The number of carbonyl (C=O) groups is 1. The summed E-state index contributed by atoms with van der Waals surface area (Å²) in [7, 11) is 0. The summed E-state index contributed by atoms with van der Waals surface area (Å²) in [5, 5.41) is 3.41. The number of carbonyl (C=O) groups excluding carboxylic acids is 1. The topological polar surface area (TPSA) is 47.6 Å². The van der Waals surface area contributed by atoms with Gasteiger partial charge in [0.05, 0.1) is 12.7 Å². The second kappa shape index (κ2) is 8.14. The Morgan fingerprint density at radius 3 is 2.62 bits per heavy atom. The molecule has 0 aromatic rings. The summed E-state index contributed by atoms with van der Waals surface area (Å²) in [6.45, 7) is 12.7. The molecule has 2 atom stereocenters. The first-order valence-electron chi connectivity index (χ1n) is 8.37. The van der Waals surface area contributed by atoms with Crippen molar-refractivity contribution in [3.8, 4) is 0 Å². The minimum atomic E-state index is -0.529. The largest absolute Gasteiger partial charge is 0.465 e. The van der Waals surface area contributed by atoms with Crippen molar-refractivity contribution in [2.24, 2.45) is 5.41 Å². The van der Waals surface area contributed by atoms with E-state index in [1.54, 1.807) is 0 Å². The van der Waals surface area contributed by atoms with Crippen LogP contribution in [-0.4, -0.2) is 37.4 Å². The van der Waals surface area contributed by atoms with Gasteiger partial charge < -0.3 is 14.8 Å². The lowest BCUT2D eigenvalue weighted by atomic mass is 9.93. The van der Waals surface area contributed by atoms with Crippen LogP contribution in [-0.2, 0) is 14.3 Å². The van der Waals surface area contributed by atoms with Gasteiger partial charge in [0.25, 0.3) is 0 Å². The fraction of sp³-hybridized carbons (Fsp3) is 0.941. The molecule has 0 bridgehead atoms. The van der Waals surface area contributed by atoms with Crippen molar-refractivity contribution in [3.05, 3.63) is 0 Å². The molecule has 0 aliphatic heterocycles. The van der Waals surface area contributed by atoms with Crippen molar-refractivity contribution in [3.63, 3.8) is 0 Å². The van der Waals surface area contributed by atoms with Crippen LogP contribution < -0.4 is 5.32 Å². The highest BCUT2D eigenvalue weighted by atomic mass is 16.5. The van der Waals surface area contributed by atoms with E-state index in [9.17, 15) is 4.79 Å². The molecular weight excluding hydrogens is 266 g/mol. The molecule has 1 aliphatic rings. The van der Waals surface area contributed by atoms with Crippen LogP contribution >= 0.6 is 0 Å². The third-order valence-corrected chi connectivity index (χ3v) is 4.05. The van der Waals surface area contributed by atoms with Crippen molar-refractivity contribution in [1.29, 1.82) is 0 Å². The van der Waals surface area contributed by atoms with Gasteiger partial charge in [-0.25, -0.2) is 0 Å². The van der Waals surface area contributed by atoms with Crippen LogP contribution in [0.4, 0.5) is 0 Å². The number of ether oxygens (including phenoxy) is 2. The number of hydrogen-bond acceptors (Lipinski definition) is 4. The van der Waals surface area contributed by atoms with Crippen LogP contribution in [0.1, 0.15) is 66.7 Å². The lowest BCUT2D eigenvalue weighted by Crippen LogP contribution is -2.51. The maximum Gasteiger partial charge on any atom is 0.326 e. The fourth-order valence-electron chi connectivity index (χ4n) is 2.73. The number of esters is 1. The zero-order valence-electron chi connectivity index (χ0n) is 14.5. The molecule has 4 heteroatoms. The molecule has 1 aliphatic carbocycles. The second-order valence-electron chi connectivity index (χ2n) is 7.28. The molecule has 124 valence electrons. The van der Waals surface area contributed by atoms with Crippen LogP contribution in [0, 0.1) is 5.41 Å². The maximum atomic E-state index is 12.3. The van der Waals surface area contributed by atoms with Gasteiger partial charge in [0.2, 0.25) is 0 Å². The SMILES string of the molecule is CCCNC1(C(=O)OCC)CCC(OCCC(C)(C)C)C1. The molecule has 0 aromatic carbocycles. The van der Waals surface area contributed by atoms with Gasteiger partial charge in [0.15, 0.2) is 0 Å². The minimum absolute atomic E-state index is 0.111. The molecule has 0 aromatic heterocycles. The summed E-state index contributed by atoms with van der Waals surface area (Å²) in [6, 6.07) is 0. The summed E-state index contributed by atoms with van der Waals surface area (Å²) >= 11 is 0. The molecule has 21 heavy (non-hydrogen) atoms. The maximum absolute atomic E-state index is 12.3. The monoisotopic (exact) mass is 299 g/mol. The fourth-order valence-corrected chi connectivity index (χ4v) is 2.73. The molecule has 2 unspecified atom stereocenters. The average molecular weight is 299 g/mol. The standard InChI is InChI=1S/C17H33NO3/c1-6-11-18-17(15(19)20-7-2)9-8-14(13-17)21-12-10-16(3,4)5/h14,18H,6-13H2,1-5H3. The van der Waals surface area contributed by atoms with E-state index >= 15 is 0 Å². The van der Waals surface area contributed by atoms with Crippen LogP contribution in [0.2, 0.25) is 0 Å². The Kier molecular flexibility index (Phi) is 7.14. The van der Waals surface area contributed by atoms with E-state index < -0.39 is 5.54 Å². The Bertz CT molecular complexity index is 324. The van der Waals surface area contributed by atoms with E-state index in [-0.39, 0.29) is 17.5 Å². The Labute approximate surface area is 130 Å². The van der Waals surface area contributed by atoms with E-state index in [2.05, 4.69) is 33.0 Å². The molecule has 1 saturated carbocycles. The van der Waals surface area contributed by atoms with Crippen LogP contribution in [0.25, 0.3) is 0 Å². The second-order valence-corrected chi connectivity index (χ2v) is 7.28. The van der Waals surface area contributed by atoms with Crippen LogP contribution in [0.15, 0.2) is 0 Å². The Hall–Kier alpha value is -0.610. The van der Waals surface area contributed by atoms with E-state index in [1.807, 2.05) is 6.92 Å². The lowest BCUT2D eigenvalue weighted by molar-refractivity contribution is -0.151. The zero-order valence-corrected chi connectivity index (χ0v) is 14.5. The molecule has 0 heterocycles. The average Bonchev–Trinajstić information content (AvgIpc) is 2.80. The van der Waals surface area contributed by atoms with Gasteiger partial charge in [-0.15, -0.1) is 0 Å². The summed E-state index contributed by atoms with van der Waals surface area (Å²) in [5.74, 6) is -0.111. The van der Waals surface area contributed by atoms with Crippen molar-refractivity contribution in [1.82, 2.24) is 5.32 Å². The minimum Gasteiger partial charge on any atom is -0.465 e. The third-order valence-electron chi connectivity index (χ3n) is 4.05. The molecule has 1 fully saturated rings. The molecule has 4 nitrogen and oxygen atoms in total. The predicted octanol–water partition coefficient (Wildman–Crippen LogP) is 3.29. The van der Waals surface area contributed by atoms with Gasteiger partial charge in [-0.05, 0) is 44.6 Å². The smallest absolute Gasteiger partial charge is 0.326 e. The van der Waals surface area contributed by atoms with Gasteiger partial charge in [0.1, 0.15) is 5.54 Å². The van der Waals surface area contributed by atoms with Gasteiger partial charge in [0, 0.05) is 13.0 Å². The Morgan fingerprint density at radius 2 is 2.05 bits per heavy atom. The quantitative estimate of drug-likeness (QED) is 0.699. The molecular formula is C17H33NO3. The van der Waals surface area contributed by atoms with E-state index in [0.717, 1.165) is 45.3 Å². The van der Waals surface area contributed by atoms with Gasteiger partial charge >= 0.3 is 5.97 Å². The molecule has 0 radical (unpaired) electrons. The Morgan fingerprint density at radius 1 is 1.33 bits per heavy atom. The van der Waals surface area contributed by atoms with Crippen LogP contribution in [0.5, 0.6) is 0 Å². The molecule has 0 amide bonds. The number of rotatable bonds is 8. The van der Waals surface area contributed by atoms with Crippen molar-refractivity contribution >= 4 is 5.97 Å². The third kappa shape index (κ3) is 5.95. The predicted molar refractivity (Wildman–Crippen MR) is 85.3 cm³/mol. The van der Waals surface area contributed by atoms with Gasteiger partial charge in [-0.3, -0.25) is 4.79 Å². The van der Waals surface area contributed by atoms with Crippen molar-refractivity contribution in [2.45, 2.75) is 78.4 Å². The van der Waals surface area contributed by atoms with Crippen molar-refractivity contribution < 1.29 is 14.3 Å². The van der Waals surface area contributed by atoms with E-state index in [1.165, 1.54) is 0 Å². The summed E-state index contributed by atoms with van der Waals surface area (Å²) < 4.78 is 11.3. The lowest BCUT2D eigenvalue weighted by Gasteiger charge is -2.28. The zero-order chi connectivity index (χ0) is 15.9.